The van der Waals surface area contributed by atoms with Gasteiger partial charge in [0.1, 0.15) is 0 Å². The van der Waals surface area contributed by atoms with Gasteiger partial charge in [0.25, 0.3) is 11.6 Å². The molecule has 2 rings (SSSR count). The number of benzene rings is 1. The number of amides is 1. The van der Waals surface area contributed by atoms with E-state index in [4.69, 9.17) is 11.6 Å². The Hall–Kier alpha value is -1.66. The van der Waals surface area contributed by atoms with Gasteiger partial charge in [-0.05, 0) is 19.0 Å². The Labute approximate surface area is 108 Å². The number of rotatable bonds is 3. The van der Waals surface area contributed by atoms with Crippen LogP contribution < -0.4 is 10.6 Å². The lowest BCUT2D eigenvalue weighted by atomic mass is 10.1. The Kier molecular flexibility index (Phi) is 3.78. The molecule has 1 amide bonds. The summed E-state index contributed by atoms with van der Waals surface area (Å²) in [5, 5.41) is 16.8. The first kappa shape index (κ1) is 12.8. The summed E-state index contributed by atoms with van der Waals surface area (Å²) >= 11 is 5.88. The van der Waals surface area contributed by atoms with Crippen molar-refractivity contribution < 1.29 is 9.72 Å². The zero-order chi connectivity index (χ0) is 13.1. The molecule has 0 spiro atoms. The monoisotopic (exact) mass is 269 g/mol. The van der Waals surface area contributed by atoms with Crippen LogP contribution in [0.1, 0.15) is 16.8 Å². The molecule has 1 aliphatic heterocycles. The smallest absolute Gasteiger partial charge is 0.270 e. The van der Waals surface area contributed by atoms with E-state index in [0.717, 1.165) is 13.0 Å². The van der Waals surface area contributed by atoms with Gasteiger partial charge in [-0.3, -0.25) is 14.9 Å². The van der Waals surface area contributed by atoms with Crippen molar-refractivity contribution in [2.45, 2.75) is 12.5 Å². The van der Waals surface area contributed by atoms with E-state index in [9.17, 15) is 14.9 Å². The fourth-order valence-electron chi connectivity index (χ4n) is 1.84. The first-order valence-electron chi connectivity index (χ1n) is 5.53. The van der Waals surface area contributed by atoms with Gasteiger partial charge in [-0.1, -0.05) is 11.6 Å². The minimum Gasteiger partial charge on any atom is -0.348 e. The van der Waals surface area contributed by atoms with Crippen molar-refractivity contribution in [3.8, 4) is 0 Å². The number of nitrogens with one attached hydrogen (secondary N) is 2. The summed E-state index contributed by atoms with van der Waals surface area (Å²) in [7, 11) is 0. The molecule has 0 saturated carbocycles. The maximum Gasteiger partial charge on any atom is 0.270 e. The number of carbonyl (C=O) groups excluding carboxylic acids is 1. The molecule has 0 unspecified atom stereocenters. The summed E-state index contributed by atoms with van der Waals surface area (Å²) in [6.07, 6.45) is 0.846. The van der Waals surface area contributed by atoms with Gasteiger partial charge in [0.15, 0.2) is 0 Å². The number of nitro groups is 1. The summed E-state index contributed by atoms with van der Waals surface area (Å²) in [5.41, 5.74) is -0.00753. The zero-order valence-electron chi connectivity index (χ0n) is 9.48. The molecule has 96 valence electrons. The molecule has 1 atom stereocenters. The summed E-state index contributed by atoms with van der Waals surface area (Å²) in [4.78, 5) is 22.1. The molecular weight excluding hydrogens is 258 g/mol. The maximum absolute atomic E-state index is 12.0. The standard InChI is InChI=1S/C11H12ClN3O3/c12-10-2-1-8(15(17)18)5-9(10)11(16)14-7-3-4-13-6-7/h1-2,5,7,13H,3-4,6H2,(H,14,16)/t7-/m1/s1. The Morgan fingerprint density at radius 1 is 1.56 bits per heavy atom. The van der Waals surface area contributed by atoms with Crippen molar-refractivity contribution >= 4 is 23.2 Å². The summed E-state index contributed by atoms with van der Waals surface area (Å²) < 4.78 is 0. The van der Waals surface area contributed by atoms with Gasteiger partial charge in [-0.15, -0.1) is 0 Å². The number of non-ortho nitro benzene ring substituents is 1. The van der Waals surface area contributed by atoms with Crippen LogP contribution in [-0.2, 0) is 0 Å². The number of nitrogens with zero attached hydrogens (tertiary/aromatic N) is 1. The molecule has 1 fully saturated rings. The van der Waals surface area contributed by atoms with Crippen molar-refractivity contribution in [1.82, 2.24) is 10.6 Å². The molecule has 1 aliphatic rings. The molecule has 6 nitrogen and oxygen atoms in total. The van der Waals surface area contributed by atoms with Gasteiger partial charge in [-0.25, -0.2) is 0 Å². The topological polar surface area (TPSA) is 84.3 Å². The minimum atomic E-state index is -0.551. The summed E-state index contributed by atoms with van der Waals surface area (Å²) in [6.45, 7) is 1.56. The van der Waals surface area contributed by atoms with E-state index >= 15 is 0 Å². The van der Waals surface area contributed by atoms with Crippen LogP contribution in [0.4, 0.5) is 5.69 Å². The second kappa shape index (κ2) is 5.32. The molecule has 0 radical (unpaired) electrons. The van der Waals surface area contributed by atoms with Crippen molar-refractivity contribution in [3.63, 3.8) is 0 Å². The fraction of sp³-hybridized carbons (Fsp3) is 0.364. The van der Waals surface area contributed by atoms with E-state index in [1.54, 1.807) is 0 Å². The van der Waals surface area contributed by atoms with E-state index in [-0.39, 0.29) is 28.2 Å². The highest BCUT2D eigenvalue weighted by Gasteiger charge is 2.20. The van der Waals surface area contributed by atoms with Gasteiger partial charge >= 0.3 is 0 Å². The van der Waals surface area contributed by atoms with Crippen molar-refractivity contribution in [3.05, 3.63) is 38.9 Å². The van der Waals surface area contributed by atoms with Gasteiger partial charge in [0.05, 0.1) is 15.5 Å². The molecule has 7 heteroatoms. The van der Waals surface area contributed by atoms with E-state index in [1.165, 1.54) is 18.2 Å². The molecular formula is C11H12ClN3O3. The third-order valence-electron chi connectivity index (χ3n) is 2.80. The molecule has 1 saturated heterocycles. The van der Waals surface area contributed by atoms with Crippen LogP contribution >= 0.6 is 11.6 Å². The Bertz CT molecular complexity index is 486. The number of nitro benzene ring substituents is 1. The molecule has 1 aromatic carbocycles. The van der Waals surface area contributed by atoms with Crippen LogP contribution in [0, 0.1) is 10.1 Å². The highest BCUT2D eigenvalue weighted by molar-refractivity contribution is 6.33. The molecule has 2 N–H and O–H groups in total. The van der Waals surface area contributed by atoms with Crippen LogP contribution in [0.2, 0.25) is 5.02 Å². The predicted octanol–water partition coefficient (Wildman–Crippen LogP) is 1.34. The number of hydrogen-bond acceptors (Lipinski definition) is 4. The highest BCUT2D eigenvalue weighted by Crippen LogP contribution is 2.22. The fourth-order valence-corrected chi connectivity index (χ4v) is 2.05. The molecule has 1 aromatic rings. The predicted molar refractivity (Wildman–Crippen MR) is 66.8 cm³/mol. The summed E-state index contributed by atoms with van der Waals surface area (Å²) in [5.74, 6) is -0.377. The van der Waals surface area contributed by atoms with E-state index in [2.05, 4.69) is 10.6 Å². The van der Waals surface area contributed by atoms with Crippen LogP contribution in [0.5, 0.6) is 0 Å². The number of carbonyl (C=O) groups is 1. The van der Waals surface area contributed by atoms with Crippen LogP contribution in [-0.4, -0.2) is 30.0 Å². The highest BCUT2D eigenvalue weighted by atomic mass is 35.5. The lowest BCUT2D eigenvalue weighted by molar-refractivity contribution is -0.384. The third kappa shape index (κ3) is 2.77. The van der Waals surface area contributed by atoms with Crippen LogP contribution in [0.15, 0.2) is 18.2 Å². The molecule has 0 aromatic heterocycles. The maximum atomic E-state index is 12.0. The zero-order valence-corrected chi connectivity index (χ0v) is 10.2. The number of halogens is 1. The first-order chi connectivity index (χ1) is 8.58. The SMILES string of the molecule is O=C(N[C@@H]1CCNC1)c1cc([N+](=O)[O-])ccc1Cl. The van der Waals surface area contributed by atoms with Gasteiger partial charge < -0.3 is 10.6 Å². The Balaban J connectivity index is 2.17. The normalized spacial score (nSPS) is 18.6. The molecule has 1 heterocycles. The van der Waals surface area contributed by atoms with E-state index < -0.39 is 4.92 Å². The average Bonchev–Trinajstić information content (AvgIpc) is 2.81. The minimum absolute atomic E-state index is 0.0489. The first-order valence-corrected chi connectivity index (χ1v) is 5.91. The largest absolute Gasteiger partial charge is 0.348 e. The van der Waals surface area contributed by atoms with E-state index in [0.29, 0.717) is 6.54 Å². The lowest BCUT2D eigenvalue weighted by Gasteiger charge is -2.11. The molecule has 0 aliphatic carbocycles. The molecule has 18 heavy (non-hydrogen) atoms. The Morgan fingerprint density at radius 2 is 2.33 bits per heavy atom. The van der Waals surface area contributed by atoms with Crippen molar-refractivity contribution in [2.24, 2.45) is 0 Å². The quantitative estimate of drug-likeness (QED) is 0.641. The van der Waals surface area contributed by atoms with Crippen LogP contribution in [0.25, 0.3) is 0 Å². The average molecular weight is 270 g/mol. The lowest BCUT2D eigenvalue weighted by Crippen LogP contribution is -2.36. The van der Waals surface area contributed by atoms with Gasteiger partial charge in [0, 0.05) is 24.7 Å². The van der Waals surface area contributed by atoms with Gasteiger partial charge in [0.2, 0.25) is 0 Å². The Morgan fingerprint density at radius 3 is 2.94 bits per heavy atom. The van der Waals surface area contributed by atoms with Gasteiger partial charge in [-0.2, -0.15) is 0 Å². The third-order valence-corrected chi connectivity index (χ3v) is 3.13. The molecule has 0 bridgehead atoms. The number of hydrogen-bond donors (Lipinski definition) is 2. The second-order valence-corrected chi connectivity index (χ2v) is 4.49. The van der Waals surface area contributed by atoms with Crippen molar-refractivity contribution in [1.29, 1.82) is 0 Å². The second-order valence-electron chi connectivity index (χ2n) is 4.08. The van der Waals surface area contributed by atoms with Crippen molar-refractivity contribution in [2.75, 3.05) is 13.1 Å². The summed E-state index contributed by atoms with van der Waals surface area (Å²) in [6, 6.07) is 3.88. The van der Waals surface area contributed by atoms with E-state index in [1.807, 2.05) is 0 Å². The van der Waals surface area contributed by atoms with Crippen LogP contribution in [0.3, 0.4) is 0 Å².